The minimum absolute atomic E-state index is 0.307. The standard InChI is InChI=1S/C13H14ClN3O/c1-18-13-16-9-11(14)12(17-13)15-8-7-10-5-3-2-4-6-10/h2-6,9H,7-8H2,1H3,(H,15,16,17). The number of ether oxygens (including phenoxy) is 1. The molecule has 0 bridgehead atoms. The Hall–Kier alpha value is -1.81. The smallest absolute Gasteiger partial charge is 0.318 e. The van der Waals surface area contributed by atoms with E-state index in [4.69, 9.17) is 16.3 Å². The van der Waals surface area contributed by atoms with E-state index in [-0.39, 0.29) is 0 Å². The molecule has 0 fully saturated rings. The average Bonchev–Trinajstić information content (AvgIpc) is 2.42. The van der Waals surface area contributed by atoms with Crippen molar-refractivity contribution in [2.75, 3.05) is 19.0 Å². The number of hydrogen-bond acceptors (Lipinski definition) is 4. The second-order valence-electron chi connectivity index (χ2n) is 3.72. The molecule has 0 amide bonds. The van der Waals surface area contributed by atoms with E-state index in [1.54, 1.807) is 0 Å². The first-order chi connectivity index (χ1) is 8.79. The first-order valence-electron chi connectivity index (χ1n) is 5.64. The van der Waals surface area contributed by atoms with E-state index >= 15 is 0 Å². The van der Waals surface area contributed by atoms with E-state index in [1.807, 2.05) is 18.2 Å². The van der Waals surface area contributed by atoms with Crippen LogP contribution in [0.1, 0.15) is 5.56 Å². The molecular weight excluding hydrogens is 250 g/mol. The van der Waals surface area contributed by atoms with Gasteiger partial charge in [-0.25, -0.2) is 4.98 Å². The monoisotopic (exact) mass is 263 g/mol. The summed E-state index contributed by atoms with van der Waals surface area (Å²) in [5, 5.41) is 3.66. The van der Waals surface area contributed by atoms with E-state index in [0.29, 0.717) is 16.9 Å². The Balaban J connectivity index is 1.94. The number of methoxy groups -OCH3 is 1. The molecule has 0 aliphatic rings. The average molecular weight is 264 g/mol. The van der Waals surface area contributed by atoms with E-state index in [2.05, 4.69) is 27.4 Å². The maximum Gasteiger partial charge on any atom is 0.318 e. The Morgan fingerprint density at radius 3 is 2.78 bits per heavy atom. The van der Waals surface area contributed by atoms with Crippen LogP contribution in [0.3, 0.4) is 0 Å². The zero-order valence-corrected chi connectivity index (χ0v) is 10.8. The number of rotatable bonds is 5. The fourth-order valence-electron chi connectivity index (χ4n) is 1.54. The largest absolute Gasteiger partial charge is 0.467 e. The Kier molecular flexibility index (Phi) is 4.36. The quantitative estimate of drug-likeness (QED) is 0.901. The molecule has 1 aromatic carbocycles. The number of halogens is 1. The van der Waals surface area contributed by atoms with Gasteiger partial charge in [0.05, 0.1) is 13.3 Å². The number of nitrogens with one attached hydrogen (secondary N) is 1. The predicted molar refractivity (Wildman–Crippen MR) is 72.2 cm³/mol. The van der Waals surface area contributed by atoms with Crippen LogP contribution in [0.25, 0.3) is 0 Å². The van der Waals surface area contributed by atoms with Gasteiger partial charge in [-0.05, 0) is 12.0 Å². The molecule has 0 atom stereocenters. The molecule has 1 N–H and O–H groups in total. The lowest BCUT2D eigenvalue weighted by Crippen LogP contribution is -2.07. The topological polar surface area (TPSA) is 47.0 Å². The highest BCUT2D eigenvalue weighted by molar-refractivity contribution is 6.32. The lowest BCUT2D eigenvalue weighted by atomic mass is 10.1. The van der Waals surface area contributed by atoms with Gasteiger partial charge in [-0.3, -0.25) is 0 Å². The van der Waals surface area contributed by atoms with Gasteiger partial charge < -0.3 is 10.1 Å². The Morgan fingerprint density at radius 1 is 1.28 bits per heavy atom. The molecule has 2 rings (SSSR count). The SMILES string of the molecule is COc1ncc(Cl)c(NCCc2ccccc2)n1. The van der Waals surface area contributed by atoms with Gasteiger partial charge in [0.25, 0.3) is 0 Å². The Bertz CT molecular complexity index is 505. The summed E-state index contributed by atoms with van der Waals surface area (Å²) < 4.78 is 4.95. The van der Waals surface area contributed by atoms with Crippen LogP contribution in [-0.4, -0.2) is 23.6 Å². The summed E-state index contributed by atoms with van der Waals surface area (Å²) in [4.78, 5) is 8.06. The first kappa shape index (κ1) is 12.6. The molecular formula is C13H14ClN3O. The highest BCUT2D eigenvalue weighted by Gasteiger charge is 2.04. The minimum Gasteiger partial charge on any atom is -0.467 e. The number of benzene rings is 1. The molecule has 0 radical (unpaired) electrons. The van der Waals surface area contributed by atoms with Gasteiger partial charge in [-0.15, -0.1) is 0 Å². The van der Waals surface area contributed by atoms with Gasteiger partial charge >= 0.3 is 6.01 Å². The van der Waals surface area contributed by atoms with Crippen molar-refractivity contribution in [3.8, 4) is 6.01 Å². The van der Waals surface area contributed by atoms with Gasteiger partial charge in [-0.1, -0.05) is 41.9 Å². The highest BCUT2D eigenvalue weighted by atomic mass is 35.5. The summed E-state index contributed by atoms with van der Waals surface area (Å²) in [7, 11) is 1.52. The van der Waals surface area contributed by atoms with Gasteiger partial charge in [-0.2, -0.15) is 4.98 Å². The normalized spacial score (nSPS) is 10.1. The zero-order valence-electron chi connectivity index (χ0n) is 10.1. The molecule has 4 nitrogen and oxygen atoms in total. The van der Waals surface area contributed by atoms with Gasteiger partial charge in [0.1, 0.15) is 5.02 Å². The van der Waals surface area contributed by atoms with E-state index in [1.165, 1.54) is 18.9 Å². The zero-order chi connectivity index (χ0) is 12.8. The van der Waals surface area contributed by atoms with Gasteiger partial charge in [0.2, 0.25) is 0 Å². The van der Waals surface area contributed by atoms with E-state index < -0.39 is 0 Å². The molecule has 0 saturated carbocycles. The van der Waals surface area contributed by atoms with Crippen molar-refractivity contribution in [3.63, 3.8) is 0 Å². The molecule has 1 heterocycles. The first-order valence-corrected chi connectivity index (χ1v) is 6.01. The van der Waals surface area contributed by atoms with Crippen LogP contribution >= 0.6 is 11.6 Å². The third-order valence-electron chi connectivity index (χ3n) is 2.45. The van der Waals surface area contributed by atoms with Crippen LogP contribution in [0.15, 0.2) is 36.5 Å². The minimum atomic E-state index is 0.307. The summed E-state index contributed by atoms with van der Waals surface area (Å²) in [6.45, 7) is 0.754. The van der Waals surface area contributed by atoms with Crippen molar-refractivity contribution < 1.29 is 4.74 Å². The summed E-state index contributed by atoms with van der Waals surface area (Å²) >= 11 is 5.99. The van der Waals surface area contributed by atoms with Crippen molar-refractivity contribution in [1.29, 1.82) is 0 Å². The molecule has 0 spiro atoms. The number of hydrogen-bond donors (Lipinski definition) is 1. The summed E-state index contributed by atoms with van der Waals surface area (Å²) in [6, 6.07) is 10.5. The fraction of sp³-hybridized carbons (Fsp3) is 0.231. The molecule has 0 aliphatic heterocycles. The second-order valence-corrected chi connectivity index (χ2v) is 4.12. The van der Waals surface area contributed by atoms with Crippen molar-refractivity contribution in [3.05, 3.63) is 47.1 Å². The Labute approximate surface area is 111 Å². The van der Waals surface area contributed by atoms with Crippen LogP contribution < -0.4 is 10.1 Å². The highest BCUT2D eigenvalue weighted by Crippen LogP contribution is 2.19. The maximum atomic E-state index is 5.99. The predicted octanol–water partition coefficient (Wildman–Crippen LogP) is 2.79. The maximum absolute atomic E-state index is 5.99. The van der Waals surface area contributed by atoms with E-state index in [0.717, 1.165) is 13.0 Å². The van der Waals surface area contributed by atoms with Crippen molar-refractivity contribution in [1.82, 2.24) is 9.97 Å². The molecule has 0 aliphatic carbocycles. The number of anilines is 1. The third kappa shape index (κ3) is 3.34. The van der Waals surface area contributed by atoms with Crippen molar-refractivity contribution in [2.24, 2.45) is 0 Å². The molecule has 2 aromatic rings. The van der Waals surface area contributed by atoms with Crippen LogP contribution in [-0.2, 0) is 6.42 Å². The molecule has 94 valence electrons. The number of aromatic nitrogens is 2. The summed E-state index contributed by atoms with van der Waals surface area (Å²) in [5.41, 5.74) is 1.27. The molecule has 5 heteroatoms. The number of nitrogens with zero attached hydrogens (tertiary/aromatic N) is 2. The van der Waals surface area contributed by atoms with Crippen LogP contribution in [0.2, 0.25) is 5.02 Å². The lowest BCUT2D eigenvalue weighted by molar-refractivity contribution is 0.380. The van der Waals surface area contributed by atoms with Crippen molar-refractivity contribution in [2.45, 2.75) is 6.42 Å². The molecule has 18 heavy (non-hydrogen) atoms. The Morgan fingerprint density at radius 2 is 2.06 bits per heavy atom. The fourth-order valence-corrected chi connectivity index (χ4v) is 1.70. The van der Waals surface area contributed by atoms with Crippen LogP contribution in [0.4, 0.5) is 5.82 Å². The second kappa shape index (κ2) is 6.21. The van der Waals surface area contributed by atoms with Gasteiger partial charge in [0, 0.05) is 6.54 Å². The molecule has 1 aromatic heterocycles. The molecule has 0 saturated heterocycles. The van der Waals surface area contributed by atoms with E-state index in [9.17, 15) is 0 Å². The summed E-state index contributed by atoms with van der Waals surface area (Å²) in [6.07, 6.45) is 2.43. The van der Waals surface area contributed by atoms with Crippen molar-refractivity contribution >= 4 is 17.4 Å². The molecule has 0 unspecified atom stereocenters. The lowest BCUT2D eigenvalue weighted by Gasteiger charge is -2.08. The van der Waals surface area contributed by atoms with Crippen LogP contribution in [0.5, 0.6) is 6.01 Å². The van der Waals surface area contributed by atoms with Gasteiger partial charge in [0.15, 0.2) is 5.82 Å². The van der Waals surface area contributed by atoms with Crippen LogP contribution in [0, 0.1) is 0 Å². The third-order valence-corrected chi connectivity index (χ3v) is 2.73. The summed E-state index contributed by atoms with van der Waals surface area (Å²) in [5.74, 6) is 0.597.